The predicted octanol–water partition coefficient (Wildman–Crippen LogP) is 3.05. The Balaban J connectivity index is 3.14. The molecule has 106 valence electrons. The predicted molar refractivity (Wildman–Crippen MR) is 77.8 cm³/mol. The molecule has 0 unspecified atom stereocenters. The van der Waals surface area contributed by atoms with Crippen molar-refractivity contribution in [2.45, 2.75) is 40.2 Å². The number of aromatic nitrogens is 1. The van der Waals surface area contributed by atoms with E-state index in [1.54, 1.807) is 0 Å². The fourth-order valence-corrected chi connectivity index (χ4v) is 1.89. The second kappa shape index (κ2) is 6.92. The summed E-state index contributed by atoms with van der Waals surface area (Å²) >= 11 is 0. The van der Waals surface area contributed by atoms with Gasteiger partial charge >= 0.3 is 0 Å². The van der Waals surface area contributed by atoms with Crippen molar-refractivity contribution >= 4 is 17.3 Å². The molecule has 0 aliphatic rings. The van der Waals surface area contributed by atoms with Gasteiger partial charge in [-0.1, -0.05) is 6.92 Å². The molecule has 0 saturated heterocycles. The SMILES string of the molecule is CCCNc1cc([N+](=O)[O-])cc(N(CC)C(C)C)n1. The normalized spacial score (nSPS) is 10.6. The highest BCUT2D eigenvalue weighted by Gasteiger charge is 2.16. The Morgan fingerprint density at radius 2 is 2.11 bits per heavy atom. The minimum Gasteiger partial charge on any atom is -0.370 e. The molecule has 19 heavy (non-hydrogen) atoms. The number of hydrogen-bond donors (Lipinski definition) is 1. The van der Waals surface area contributed by atoms with E-state index in [-0.39, 0.29) is 16.7 Å². The molecule has 1 N–H and O–H groups in total. The van der Waals surface area contributed by atoms with Gasteiger partial charge in [-0.2, -0.15) is 0 Å². The minimum absolute atomic E-state index is 0.0719. The summed E-state index contributed by atoms with van der Waals surface area (Å²) in [5.74, 6) is 1.20. The summed E-state index contributed by atoms with van der Waals surface area (Å²) in [5.41, 5.74) is 0.0719. The van der Waals surface area contributed by atoms with Crippen molar-refractivity contribution < 1.29 is 4.92 Å². The number of nitro groups is 1. The van der Waals surface area contributed by atoms with E-state index >= 15 is 0 Å². The third-order valence-corrected chi connectivity index (χ3v) is 2.82. The minimum atomic E-state index is -0.378. The van der Waals surface area contributed by atoms with Gasteiger partial charge in [0.2, 0.25) is 0 Å². The third-order valence-electron chi connectivity index (χ3n) is 2.82. The lowest BCUT2D eigenvalue weighted by Crippen LogP contribution is -2.31. The first-order chi connectivity index (χ1) is 8.99. The number of nitrogens with zero attached hydrogens (tertiary/aromatic N) is 3. The summed E-state index contributed by atoms with van der Waals surface area (Å²) in [7, 11) is 0. The quantitative estimate of drug-likeness (QED) is 0.606. The highest BCUT2D eigenvalue weighted by atomic mass is 16.6. The molecule has 0 amide bonds. The van der Waals surface area contributed by atoms with E-state index in [9.17, 15) is 10.1 Å². The fourth-order valence-electron chi connectivity index (χ4n) is 1.89. The molecule has 1 heterocycles. The summed E-state index contributed by atoms with van der Waals surface area (Å²) < 4.78 is 0. The van der Waals surface area contributed by atoms with Crippen LogP contribution >= 0.6 is 0 Å². The van der Waals surface area contributed by atoms with Crippen LogP contribution < -0.4 is 10.2 Å². The molecular formula is C13H22N4O2. The van der Waals surface area contributed by atoms with Crippen molar-refractivity contribution in [3.05, 3.63) is 22.2 Å². The second-order valence-electron chi connectivity index (χ2n) is 4.63. The Morgan fingerprint density at radius 3 is 2.58 bits per heavy atom. The van der Waals surface area contributed by atoms with E-state index in [1.807, 2.05) is 32.6 Å². The van der Waals surface area contributed by atoms with Gasteiger partial charge in [-0.05, 0) is 27.2 Å². The van der Waals surface area contributed by atoms with Crippen LogP contribution in [-0.2, 0) is 0 Å². The summed E-state index contributed by atoms with van der Waals surface area (Å²) in [4.78, 5) is 17.1. The average molecular weight is 266 g/mol. The molecule has 6 heteroatoms. The second-order valence-corrected chi connectivity index (χ2v) is 4.63. The Hall–Kier alpha value is -1.85. The van der Waals surface area contributed by atoms with E-state index in [0.717, 1.165) is 19.5 Å². The maximum Gasteiger partial charge on any atom is 0.276 e. The first-order valence-electron chi connectivity index (χ1n) is 6.66. The summed E-state index contributed by atoms with van der Waals surface area (Å²) in [5, 5.41) is 14.1. The molecule has 0 atom stereocenters. The van der Waals surface area contributed by atoms with Crippen molar-refractivity contribution in [2.75, 3.05) is 23.3 Å². The van der Waals surface area contributed by atoms with Gasteiger partial charge in [0, 0.05) is 19.1 Å². The Kier molecular flexibility index (Phi) is 5.54. The highest BCUT2D eigenvalue weighted by Crippen LogP contribution is 2.24. The summed E-state index contributed by atoms with van der Waals surface area (Å²) in [6.07, 6.45) is 0.946. The highest BCUT2D eigenvalue weighted by molar-refractivity contribution is 5.56. The van der Waals surface area contributed by atoms with Crippen LogP contribution in [0, 0.1) is 10.1 Å². The molecule has 1 rings (SSSR count). The molecule has 0 radical (unpaired) electrons. The number of hydrogen-bond acceptors (Lipinski definition) is 5. The first-order valence-corrected chi connectivity index (χ1v) is 6.66. The van der Waals surface area contributed by atoms with Gasteiger partial charge in [0.25, 0.3) is 5.69 Å². The molecular weight excluding hydrogens is 244 g/mol. The summed E-state index contributed by atoms with van der Waals surface area (Å²) in [6, 6.07) is 3.26. The molecule has 1 aromatic heterocycles. The number of anilines is 2. The van der Waals surface area contributed by atoms with Gasteiger partial charge in [-0.3, -0.25) is 10.1 Å². The van der Waals surface area contributed by atoms with Gasteiger partial charge in [0.1, 0.15) is 11.6 Å². The van der Waals surface area contributed by atoms with E-state index in [1.165, 1.54) is 12.1 Å². The van der Waals surface area contributed by atoms with Crippen LogP contribution in [-0.4, -0.2) is 29.0 Å². The van der Waals surface area contributed by atoms with Crippen molar-refractivity contribution in [1.82, 2.24) is 4.98 Å². The Labute approximate surface area is 114 Å². The van der Waals surface area contributed by atoms with Crippen molar-refractivity contribution in [3.8, 4) is 0 Å². The van der Waals surface area contributed by atoms with Crippen LogP contribution in [0.5, 0.6) is 0 Å². The number of rotatable bonds is 7. The molecule has 0 aromatic carbocycles. The van der Waals surface area contributed by atoms with Gasteiger partial charge in [0.15, 0.2) is 0 Å². The lowest BCUT2D eigenvalue weighted by atomic mass is 10.3. The van der Waals surface area contributed by atoms with Crippen LogP contribution in [0.4, 0.5) is 17.3 Å². The largest absolute Gasteiger partial charge is 0.370 e. The van der Waals surface area contributed by atoms with Crippen molar-refractivity contribution in [1.29, 1.82) is 0 Å². The van der Waals surface area contributed by atoms with E-state index in [0.29, 0.717) is 11.6 Å². The maximum absolute atomic E-state index is 11.0. The smallest absolute Gasteiger partial charge is 0.276 e. The number of nitrogens with one attached hydrogen (secondary N) is 1. The van der Waals surface area contributed by atoms with Gasteiger partial charge in [0.05, 0.1) is 17.1 Å². The molecule has 1 aromatic rings. The van der Waals surface area contributed by atoms with E-state index < -0.39 is 0 Å². The van der Waals surface area contributed by atoms with Gasteiger partial charge < -0.3 is 10.2 Å². The Morgan fingerprint density at radius 1 is 1.42 bits per heavy atom. The van der Waals surface area contributed by atoms with Crippen LogP contribution in [0.1, 0.15) is 34.1 Å². The van der Waals surface area contributed by atoms with Crippen LogP contribution in [0.2, 0.25) is 0 Å². The fraction of sp³-hybridized carbons (Fsp3) is 0.615. The maximum atomic E-state index is 11.0. The lowest BCUT2D eigenvalue weighted by molar-refractivity contribution is -0.384. The lowest BCUT2D eigenvalue weighted by Gasteiger charge is -2.26. The van der Waals surface area contributed by atoms with Gasteiger partial charge in [-0.15, -0.1) is 0 Å². The zero-order valence-corrected chi connectivity index (χ0v) is 12.0. The first kappa shape index (κ1) is 15.2. The molecule has 0 bridgehead atoms. The monoisotopic (exact) mass is 266 g/mol. The zero-order chi connectivity index (χ0) is 14.4. The summed E-state index contributed by atoms with van der Waals surface area (Å²) in [6.45, 7) is 9.66. The molecule has 0 spiro atoms. The van der Waals surface area contributed by atoms with Crippen molar-refractivity contribution in [3.63, 3.8) is 0 Å². The molecule has 0 aliphatic heterocycles. The van der Waals surface area contributed by atoms with E-state index in [2.05, 4.69) is 10.3 Å². The van der Waals surface area contributed by atoms with Crippen molar-refractivity contribution in [2.24, 2.45) is 0 Å². The molecule has 0 aliphatic carbocycles. The third kappa shape index (κ3) is 4.08. The Bertz CT molecular complexity index is 435. The van der Waals surface area contributed by atoms with Gasteiger partial charge in [-0.25, -0.2) is 4.98 Å². The van der Waals surface area contributed by atoms with E-state index in [4.69, 9.17) is 0 Å². The molecule has 0 saturated carbocycles. The standard InChI is InChI=1S/C13H22N4O2/c1-5-7-14-12-8-11(17(18)19)9-13(15-12)16(6-2)10(3)4/h8-10H,5-7H2,1-4H3,(H,14,15). The van der Waals surface area contributed by atoms with Crippen LogP contribution in [0.15, 0.2) is 12.1 Å². The molecule has 6 nitrogen and oxygen atoms in total. The average Bonchev–Trinajstić information content (AvgIpc) is 2.36. The number of pyridine rings is 1. The zero-order valence-electron chi connectivity index (χ0n) is 12.0. The van der Waals surface area contributed by atoms with Crippen LogP contribution in [0.3, 0.4) is 0 Å². The topological polar surface area (TPSA) is 71.3 Å². The van der Waals surface area contributed by atoms with Crippen LogP contribution in [0.25, 0.3) is 0 Å². The molecule has 0 fully saturated rings.